The molecule has 0 bridgehead atoms. The zero-order chi connectivity index (χ0) is 12.3. The van der Waals surface area contributed by atoms with Gasteiger partial charge in [0.1, 0.15) is 0 Å². The molecule has 0 saturated heterocycles. The Bertz CT molecular complexity index is 553. The second-order valence-electron chi connectivity index (χ2n) is 2.93. The lowest BCUT2D eigenvalue weighted by molar-refractivity contribution is -0.384. The van der Waals surface area contributed by atoms with E-state index in [9.17, 15) is 18.5 Å². The van der Waals surface area contributed by atoms with E-state index in [-0.39, 0.29) is 16.3 Å². The van der Waals surface area contributed by atoms with Gasteiger partial charge in [0.05, 0.1) is 11.2 Å². The van der Waals surface area contributed by atoms with E-state index in [0.29, 0.717) is 0 Å². The average molecular weight is 263 g/mol. The van der Waals surface area contributed by atoms with Crippen LogP contribution < -0.4 is 0 Å². The van der Waals surface area contributed by atoms with Gasteiger partial charge in [0.25, 0.3) is 5.69 Å². The Labute approximate surface area is 96.8 Å². The van der Waals surface area contributed by atoms with Crippen LogP contribution in [0.1, 0.15) is 5.56 Å². The number of halogens is 1. The van der Waals surface area contributed by atoms with Gasteiger partial charge in [-0.2, -0.15) is 4.40 Å². The van der Waals surface area contributed by atoms with Gasteiger partial charge in [-0.05, 0) is 6.07 Å². The summed E-state index contributed by atoms with van der Waals surface area (Å²) in [4.78, 5) is 9.86. The summed E-state index contributed by atoms with van der Waals surface area (Å²) in [5.41, 5.74) is 0.000595. The molecular formula is C8H7ClN2O4S. The third-order valence-electron chi connectivity index (χ3n) is 1.57. The molecule has 0 amide bonds. The maximum atomic E-state index is 10.8. The Morgan fingerprint density at radius 2 is 2.12 bits per heavy atom. The van der Waals surface area contributed by atoms with Gasteiger partial charge in [-0.1, -0.05) is 11.6 Å². The number of hydrogen-bond donors (Lipinski definition) is 0. The number of nitro groups is 1. The molecule has 1 rings (SSSR count). The maximum absolute atomic E-state index is 10.8. The molecule has 0 atom stereocenters. The molecule has 0 unspecified atom stereocenters. The Morgan fingerprint density at radius 1 is 1.50 bits per heavy atom. The van der Waals surface area contributed by atoms with Crippen LogP contribution in [-0.4, -0.2) is 25.8 Å². The van der Waals surface area contributed by atoms with E-state index in [1.807, 2.05) is 0 Å². The molecule has 16 heavy (non-hydrogen) atoms. The smallest absolute Gasteiger partial charge is 0.258 e. The van der Waals surface area contributed by atoms with E-state index in [4.69, 9.17) is 11.6 Å². The van der Waals surface area contributed by atoms with E-state index >= 15 is 0 Å². The van der Waals surface area contributed by atoms with Crippen LogP contribution in [0.5, 0.6) is 0 Å². The maximum Gasteiger partial charge on any atom is 0.270 e. The number of nitrogens with zero attached hydrogens (tertiary/aromatic N) is 2. The molecule has 1 aromatic carbocycles. The van der Waals surface area contributed by atoms with Crippen LogP contribution >= 0.6 is 11.6 Å². The van der Waals surface area contributed by atoms with Crippen LogP contribution in [0.3, 0.4) is 0 Å². The summed E-state index contributed by atoms with van der Waals surface area (Å²) in [6, 6.07) is 3.68. The van der Waals surface area contributed by atoms with Crippen LogP contribution in [0.2, 0.25) is 5.02 Å². The molecule has 0 fully saturated rings. The highest BCUT2D eigenvalue weighted by molar-refractivity contribution is 7.89. The van der Waals surface area contributed by atoms with Crippen LogP contribution in [0, 0.1) is 10.1 Å². The van der Waals surface area contributed by atoms with Gasteiger partial charge in [0, 0.05) is 28.9 Å². The second kappa shape index (κ2) is 4.58. The Kier molecular flexibility index (Phi) is 3.61. The third-order valence-corrected chi connectivity index (χ3v) is 2.41. The highest BCUT2D eigenvalue weighted by Gasteiger charge is 2.08. The fourth-order valence-electron chi connectivity index (χ4n) is 0.896. The fourth-order valence-corrected chi connectivity index (χ4v) is 1.37. The summed E-state index contributed by atoms with van der Waals surface area (Å²) in [5.74, 6) is 0. The van der Waals surface area contributed by atoms with E-state index < -0.39 is 14.9 Å². The molecule has 0 aliphatic rings. The van der Waals surface area contributed by atoms with Crippen molar-refractivity contribution in [1.82, 2.24) is 0 Å². The molecule has 86 valence electrons. The van der Waals surface area contributed by atoms with Gasteiger partial charge < -0.3 is 0 Å². The van der Waals surface area contributed by atoms with E-state index in [2.05, 4.69) is 4.40 Å². The van der Waals surface area contributed by atoms with Crippen molar-refractivity contribution >= 4 is 33.5 Å². The zero-order valence-electron chi connectivity index (χ0n) is 8.12. The van der Waals surface area contributed by atoms with Crippen LogP contribution in [-0.2, 0) is 10.0 Å². The van der Waals surface area contributed by atoms with Crippen LogP contribution in [0.25, 0.3) is 0 Å². The van der Waals surface area contributed by atoms with Gasteiger partial charge in [-0.25, -0.2) is 8.42 Å². The minimum Gasteiger partial charge on any atom is -0.258 e. The normalized spacial score (nSPS) is 11.9. The first-order chi connectivity index (χ1) is 7.29. The highest BCUT2D eigenvalue weighted by Crippen LogP contribution is 2.20. The standard InChI is InChI=1S/C8H7ClN2O4S/c1-16(14,15)10-5-6-4-7(11(12)13)2-3-8(6)9/h2-5H,1H3. The summed E-state index contributed by atoms with van der Waals surface area (Å²) in [6.07, 6.45) is 1.89. The fraction of sp³-hybridized carbons (Fsp3) is 0.125. The zero-order valence-corrected chi connectivity index (χ0v) is 9.70. The summed E-state index contributed by atoms with van der Waals surface area (Å²) >= 11 is 5.72. The quantitative estimate of drug-likeness (QED) is 0.470. The van der Waals surface area contributed by atoms with Crippen molar-refractivity contribution in [2.24, 2.45) is 4.40 Å². The van der Waals surface area contributed by atoms with Crippen molar-refractivity contribution in [3.05, 3.63) is 38.9 Å². The predicted molar refractivity (Wildman–Crippen MR) is 60.5 cm³/mol. The minimum atomic E-state index is -3.53. The molecule has 0 spiro atoms. The van der Waals surface area contributed by atoms with E-state index in [1.54, 1.807) is 0 Å². The molecular weight excluding hydrogens is 256 g/mol. The summed E-state index contributed by atoms with van der Waals surface area (Å²) < 4.78 is 24.7. The second-order valence-corrected chi connectivity index (χ2v) is 5.01. The summed E-state index contributed by atoms with van der Waals surface area (Å²) in [5, 5.41) is 10.7. The van der Waals surface area contributed by atoms with Gasteiger partial charge in [0.15, 0.2) is 0 Å². The first kappa shape index (κ1) is 12.6. The van der Waals surface area contributed by atoms with E-state index in [0.717, 1.165) is 18.5 Å². The molecule has 0 N–H and O–H groups in total. The largest absolute Gasteiger partial charge is 0.270 e. The first-order valence-corrected chi connectivity index (χ1v) is 6.21. The number of nitro benzene ring substituents is 1. The SMILES string of the molecule is CS(=O)(=O)N=Cc1cc([N+](=O)[O-])ccc1Cl. The van der Waals surface area contributed by atoms with Gasteiger partial charge in [0.2, 0.25) is 10.0 Å². The van der Waals surface area contributed by atoms with Crippen LogP contribution in [0.15, 0.2) is 22.6 Å². The number of rotatable bonds is 3. The topological polar surface area (TPSA) is 89.6 Å². The van der Waals surface area contributed by atoms with Gasteiger partial charge >= 0.3 is 0 Å². The molecule has 0 radical (unpaired) electrons. The molecule has 8 heteroatoms. The van der Waals surface area contributed by atoms with E-state index in [1.165, 1.54) is 12.1 Å². The predicted octanol–water partition coefficient (Wildman–Crippen LogP) is 1.63. The molecule has 0 heterocycles. The highest BCUT2D eigenvalue weighted by atomic mass is 35.5. The summed E-state index contributed by atoms with van der Waals surface area (Å²) in [7, 11) is -3.53. The van der Waals surface area contributed by atoms with Crippen molar-refractivity contribution in [2.45, 2.75) is 0 Å². The monoisotopic (exact) mass is 262 g/mol. The molecule has 0 aliphatic carbocycles. The van der Waals surface area contributed by atoms with Crippen molar-refractivity contribution in [1.29, 1.82) is 0 Å². The van der Waals surface area contributed by atoms with Gasteiger partial charge in [-0.15, -0.1) is 0 Å². The van der Waals surface area contributed by atoms with Crippen molar-refractivity contribution < 1.29 is 13.3 Å². The molecule has 1 aromatic rings. The molecule has 6 nitrogen and oxygen atoms in total. The Morgan fingerprint density at radius 3 is 2.62 bits per heavy atom. The molecule has 0 aromatic heterocycles. The first-order valence-electron chi connectivity index (χ1n) is 3.99. The number of hydrogen-bond acceptors (Lipinski definition) is 4. The molecule has 0 aliphatic heterocycles. The lowest BCUT2D eigenvalue weighted by atomic mass is 10.2. The lowest BCUT2D eigenvalue weighted by Crippen LogP contribution is -1.94. The Hall–Kier alpha value is -1.47. The minimum absolute atomic E-state index is 0.181. The van der Waals surface area contributed by atoms with Crippen molar-refractivity contribution in [3.8, 4) is 0 Å². The number of benzene rings is 1. The summed E-state index contributed by atoms with van der Waals surface area (Å²) in [6.45, 7) is 0. The van der Waals surface area contributed by atoms with Crippen molar-refractivity contribution in [3.63, 3.8) is 0 Å². The van der Waals surface area contributed by atoms with Crippen LogP contribution in [0.4, 0.5) is 5.69 Å². The average Bonchev–Trinajstić information content (AvgIpc) is 2.14. The number of sulfonamides is 1. The third kappa shape index (κ3) is 3.59. The Balaban J connectivity index is 3.18. The molecule has 0 saturated carbocycles. The lowest BCUT2D eigenvalue weighted by Gasteiger charge is -1.97. The number of non-ortho nitro benzene ring substituents is 1. The van der Waals surface area contributed by atoms with Gasteiger partial charge in [-0.3, -0.25) is 10.1 Å². The van der Waals surface area contributed by atoms with Crippen molar-refractivity contribution in [2.75, 3.05) is 6.26 Å².